The molecule has 0 aliphatic carbocycles. The third kappa shape index (κ3) is 5.42. The molecule has 0 fully saturated rings. The number of anilines is 2. The van der Waals surface area contributed by atoms with Gasteiger partial charge in [-0.1, -0.05) is 13.8 Å². The van der Waals surface area contributed by atoms with Crippen LogP contribution in [0.25, 0.3) is 0 Å². The van der Waals surface area contributed by atoms with Gasteiger partial charge in [0, 0.05) is 17.8 Å². The standard InChI is InChI=1S/C14H27N5/c1-5-19(6-2)9-7-8-12(4)17-13-11(3)10-16-14(15)18-13/h10,12H,5-9H2,1-4H3,(H3,15,16,17,18). The summed E-state index contributed by atoms with van der Waals surface area (Å²) < 4.78 is 0. The van der Waals surface area contributed by atoms with Gasteiger partial charge in [-0.3, -0.25) is 0 Å². The quantitative estimate of drug-likeness (QED) is 0.755. The molecule has 1 aromatic rings. The second-order valence-corrected chi connectivity index (χ2v) is 4.97. The monoisotopic (exact) mass is 265 g/mol. The van der Waals surface area contributed by atoms with Crippen molar-refractivity contribution in [2.75, 3.05) is 30.7 Å². The first kappa shape index (κ1) is 15.7. The third-order valence-corrected chi connectivity index (χ3v) is 3.38. The molecule has 0 aromatic carbocycles. The van der Waals surface area contributed by atoms with E-state index >= 15 is 0 Å². The van der Waals surface area contributed by atoms with Crippen LogP contribution in [0.4, 0.5) is 11.8 Å². The average molecular weight is 265 g/mol. The van der Waals surface area contributed by atoms with E-state index in [4.69, 9.17) is 5.73 Å². The van der Waals surface area contributed by atoms with Crippen molar-refractivity contribution >= 4 is 11.8 Å². The number of aryl methyl sites for hydroxylation is 1. The van der Waals surface area contributed by atoms with Gasteiger partial charge in [0.05, 0.1) is 0 Å². The van der Waals surface area contributed by atoms with E-state index in [0.29, 0.717) is 12.0 Å². The summed E-state index contributed by atoms with van der Waals surface area (Å²) in [5.41, 5.74) is 6.64. The molecule has 0 amide bonds. The van der Waals surface area contributed by atoms with Crippen LogP contribution in [0, 0.1) is 6.92 Å². The minimum absolute atomic E-state index is 0.323. The molecule has 0 radical (unpaired) electrons. The van der Waals surface area contributed by atoms with Crippen LogP contribution in [0.2, 0.25) is 0 Å². The molecule has 0 saturated carbocycles. The van der Waals surface area contributed by atoms with E-state index < -0.39 is 0 Å². The van der Waals surface area contributed by atoms with Gasteiger partial charge in [0.15, 0.2) is 0 Å². The Morgan fingerprint density at radius 1 is 1.37 bits per heavy atom. The zero-order chi connectivity index (χ0) is 14.3. The molecular formula is C14H27N5. The van der Waals surface area contributed by atoms with E-state index in [0.717, 1.165) is 37.4 Å². The summed E-state index contributed by atoms with van der Waals surface area (Å²) in [5, 5.41) is 3.41. The van der Waals surface area contributed by atoms with E-state index in [1.54, 1.807) is 6.20 Å². The van der Waals surface area contributed by atoms with Crippen molar-refractivity contribution < 1.29 is 0 Å². The minimum atomic E-state index is 0.323. The molecule has 0 saturated heterocycles. The van der Waals surface area contributed by atoms with Gasteiger partial charge in [0.2, 0.25) is 5.95 Å². The Hall–Kier alpha value is -1.36. The summed E-state index contributed by atoms with van der Waals surface area (Å²) >= 11 is 0. The van der Waals surface area contributed by atoms with Crippen molar-refractivity contribution in [3.8, 4) is 0 Å². The van der Waals surface area contributed by atoms with E-state index in [-0.39, 0.29) is 0 Å². The van der Waals surface area contributed by atoms with Crippen molar-refractivity contribution in [1.82, 2.24) is 14.9 Å². The average Bonchev–Trinajstić information content (AvgIpc) is 2.39. The maximum absolute atomic E-state index is 5.61. The van der Waals surface area contributed by atoms with Gasteiger partial charge in [0.25, 0.3) is 0 Å². The van der Waals surface area contributed by atoms with Crippen LogP contribution in [0.3, 0.4) is 0 Å². The number of nitrogens with one attached hydrogen (secondary N) is 1. The summed E-state index contributed by atoms with van der Waals surface area (Å²) in [7, 11) is 0. The smallest absolute Gasteiger partial charge is 0.221 e. The van der Waals surface area contributed by atoms with Crippen molar-refractivity contribution in [3.05, 3.63) is 11.8 Å². The topological polar surface area (TPSA) is 67.1 Å². The molecule has 5 heteroatoms. The molecule has 3 N–H and O–H groups in total. The molecule has 5 nitrogen and oxygen atoms in total. The Morgan fingerprint density at radius 3 is 2.68 bits per heavy atom. The lowest BCUT2D eigenvalue weighted by Crippen LogP contribution is -2.26. The second kappa shape index (κ2) is 7.94. The number of aromatic nitrogens is 2. The molecule has 0 bridgehead atoms. The zero-order valence-electron chi connectivity index (χ0n) is 12.6. The normalized spacial score (nSPS) is 12.7. The summed E-state index contributed by atoms with van der Waals surface area (Å²) in [6, 6.07) is 0.392. The second-order valence-electron chi connectivity index (χ2n) is 4.97. The first-order valence-electron chi connectivity index (χ1n) is 7.14. The van der Waals surface area contributed by atoms with Gasteiger partial charge in [0.1, 0.15) is 5.82 Å². The molecule has 1 heterocycles. The minimum Gasteiger partial charge on any atom is -0.368 e. The maximum Gasteiger partial charge on any atom is 0.221 e. The Bertz CT molecular complexity index is 376. The summed E-state index contributed by atoms with van der Waals surface area (Å²) in [5.74, 6) is 1.17. The fourth-order valence-corrected chi connectivity index (χ4v) is 2.07. The van der Waals surface area contributed by atoms with Crippen LogP contribution in [0.5, 0.6) is 0 Å². The maximum atomic E-state index is 5.61. The predicted octanol–water partition coefficient (Wildman–Crippen LogP) is 2.29. The van der Waals surface area contributed by atoms with Gasteiger partial charge >= 0.3 is 0 Å². The zero-order valence-corrected chi connectivity index (χ0v) is 12.6. The number of nitrogens with zero attached hydrogens (tertiary/aromatic N) is 3. The largest absolute Gasteiger partial charge is 0.368 e. The van der Waals surface area contributed by atoms with Gasteiger partial charge in [-0.2, -0.15) is 4.98 Å². The highest BCUT2D eigenvalue weighted by molar-refractivity contribution is 5.45. The predicted molar refractivity (Wildman–Crippen MR) is 81.3 cm³/mol. The number of hydrogen-bond acceptors (Lipinski definition) is 5. The number of nitrogen functional groups attached to an aromatic ring is 1. The number of hydrogen-bond donors (Lipinski definition) is 2. The molecule has 1 unspecified atom stereocenters. The Kier molecular flexibility index (Phi) is 6.56. The van der Waals surface area contributed by atoms with Crippen molar-refractivity contribution in [2.45, 2.75) is 46.6 Å². The molecule has 1 rings (SSSR count). The van der Waals surface area contributed by atoms with Gasteiger partial charge in [-0.15, -0.1) is 0 Å². The molecule has 0 aliphatic rings. The molecule has 19 heavy (non-hydrogen) atoms. The highest BCUT2D eigenvalue weighted by Crippen LogP contribution is 2.13. The van der Waals surface area contributed by atoms with E-state index in [9.17, 15) is 0 Å². The Balaban J connectivity index is 2.38. The van der Waals surface area contributed by atoms with Crippen LogP contribution in [0.15, 0.2) is 6.20 Å². The highest BCUT2D eigenvalue weighted by Gasteiger charge is 2.07. The summed E-state index contributed by atoms with van der Waals surface area (Å²) in [4.78, 5) is 10.7. The van der Waals surface area contributed by atoms with Crippen LogP contribution in [-0.2, 0) is 0 Å². The number of nitrogens with two attached hydrogens (primary N) is 1. The van der Waals surface area contributed by atoms with Gasteiger partial charge < -0.3 is 16.0 Å². The molecule has 0 aliphatic heterocycles. The lowest BCUT2D eigenvalue weighted by Gasteiger charge is -2.20. The third-order valence-electron chi connectivity index (χ3n) is 3.38. The van der Waals surface area contributed by atoms with Crippen molar-refractivity contribution in [2.24, 2.45) is 0 Å². The van der Waals surface area contributed by atoms with Crippen LogP contribution < -0.4 is 11.1 Å². The fourth-order valence-electron chi connectivity index (χ4n) is 2.07. The van der Waals surface area contributed by atoms with E-state index in [1.165, 1.54) is 6.42 Å². The van der Waals surface area contributed by atoms with Gasteiger partial charge in [-0.05, 0) is 46.3 Å². The SMILES string of the molecule is CCN(CC)CCCC(C)Nc1nc(N)ncc1C. The molecule has 1 atom stereocenters. The molecule has 0 spiro atoms. The van der Waals surface area contributed by atoms with Gasteiger partial charge in [-0.25, -0.2) is 4.98 Å². The summed E-state index contributed by atoms with van der Waals surface area (Å²) in [6.45, 7) is 12.0. The Labute approximate surface area is 116 Å². The van der Waals surface area contributed by atoms with Crippen molar-refractivity contribution in [3.63, 3.8) is 0 Å². The lowest BCUT2D eigenvalue weighted by molar-refractivity contribution is 0.295. The van der Waals surface area contributed by atoms with Crippen LogP contribution >= 0.6 is 0 Å². The number of rotatable bonds is 8. The molecular weight excluding hydrogens is 238 g/mol. The molecule has 108 valence electrons. The summed E-state index contributed by atoms with van der Waals surface area (Å²) in [6.07, 6.45) is 4.07. The van der Waals surface area contributed by atoms with Crippen molar-refractivity contribution in [1.29, 1.82) is 0 Å². The highest BCUT2D eigenvalue weighted by atomic mass is 15.1. The lowest BCUT2D eigenvalue weighted by atomic mass is 10.1. The molecule has 1 aromatic heterocycles. The van der Waals surface area contributed by atoms with E-state index in [1.807, 2.05) is 6.92 Å². The Morgan fingerprint density at radius 2 is 2.05 bits per heavy atom. The van der Waals surface area contributed by atoms with E-state index in [2.05, 4.69) is 41.0 Å². The fraction of sp³-hybridized carbons (Fsp3) is 0.714. The van der Waals surface area contributed by atoms with Crippen LogP contribution in [-0.4, -0.2) is 40.5 Å². The van der Waals surface area contributed by atoms with Crippen LogP contribution in [0.1, 0.15) is 39.2 Å². The first-order valence-corrected chi connectivity index (χ1v) is 7.14. The first-order chi connectivity index (χ1) is 9.06.